The van der Waals surface area contributed by atoms with Crippen LogP contribution in [0.2, 0.25) is 0 Å². The van der Waals surface area contributed by atoms with Crippen LogP contribution in [0.3, 0.4) is 0 Å². The van der Waals surface area contributed by atoms with Gasteiger partial charge in [-0.3, -0.25) is 4.79 Å². The maximum Gasteiger partial charge on any atom is 0.262 e. The molecule has 2 aromatic rings. The van der Waals surface area contributed by atoms with E-state index in [9.17, 15) is 13.2 Å². The van der Waals surface area contributed by atoms with Crippen molar-refractivity contribution in [1.82, 2.24) is 19.2 Å². The van der Waals surface area contributed by atoms with E-state index in [1.807, 2.05) is 24.3 Å². The highest BCUT2D eigenvalue weighted by Crippen LogP contribution is 2.22. The van der Waals surface area contributed by atoms with Crippen molar-refractivity contribution in [2.45, 2.75) is 37.9 Å². The Hall–Kier alpha value is -2.39. The predicted molar refractivity (Wildman–Crippen MR) is 104 cm³/mol. The lowest BCUT2D eigenvalue weighted by atomic mass is 10.0. The van der Waals surface area contributed by atoms with Gasteiger partial charge in [0.15, 0.2) is 5.03 Å². The molecule has 1 fully saturated rings. The zero-order valence-corrected chi connectivity index (χ0v) is 17.0. The van der Waals surface area contributed by atoms with Crippen molar-refractivity contribution in [3.63, 3.8) is 0 Å². The average molecular weight is 407 g/mol. The smallest absolute Gasteiger partial charge is 0.262 e. The maximum absolute atomic E-state index is 12.7. The van der Waals surface area contributed by atoms with E-state index in [2.05, 4.69) is 17.2 Å². The Labute approximate surface area is 165 Å². The Morgan fingerprint density at radius 3 is 2.79 bits per heavy atom. The number of sulfonamides is 1. The molecule has 0 atom stereocenters. The molecule has 1 amide bonds. The normalized spacial score (nSPS) is 16.1. The summed E-state index contributed by atoms with van der Waals surface area (Å²) in [6, 6.07) is 7.43. The molecule has 0 radical (unpaired) electrons. The molecule has 1 N–H and O–H groups in total. The Balaban J connectivity index is 1.57. The molecule has 1 aromatic heterocycles. The molecule has 1 aromatic carbocycles. The van der Waals surface area contributed by atoms with Gasteiger partial charge >= 0.3 is 0 Å². The van der Waals surface area contributed by atoms with Crippen LogP contribution in [0.5, 0.6) is 5.75 Å². The van der Waals surface area contributed by atoms with Crippen LogP contribution in [0.1, 0.15) is 25.3 Å². The summed E-state index contributed by atoms with van der Waals surface area (Å²) in [4.78, 5) is 16.2. The van der Waals surface area contributed by atoms with E-state index in [-0.39, 0.29) is 17.5 Å². The molecule has 0 bridgehead atoms. The fourth-order valence-electron chi connectivity index (χ4n) is 3.12. The number of nitrogens with one attached hydrogen (secondary N) is 1. The second-order valence-electron chi connectivity index (χ2n) is 7.10. The Morgan fingerprint density at radius 2 is 2.07 bits per heavy atom. The van der Waals surface area contributed by atoms with Crippen LogP contribution in [0.15, 0.2) is 41.8 Å². The molecular formula is C19H26N4O4S. The van der Waals surface area contributed by atoms with Crippen LogP contribution in [0.25, 0.3) is 0 Å². The topological polar surface area (TPSA) is 93.5 Å². The van der Waals surface area contributed by atoms with Gasteiger partial charge in [-0.1, -0.05) is 19.1 Å². The molecule has 152 valence electrons. The predicted octanol–water partition coefficient (Wildman–Crippen LogP) is 1.63. The molecular weight excluding hydrogens is 380 g/mol. The van der Waals surface area contributed by atoms with Gasteiger partial charge in [-0.2, -0.15) is 4.31 Å². The number of benzene rings is 1. The van der Waals surface area contributed by atoms with E-state index in [1.165, 1.54) is 21.4 Å². The first-order valence-electron chi connectivity index (χ1n) is 9.30. The standard InChI is InChI=1S/C19H26N4O4S/c1-15-6-8-23(9-7-15)28(25,26)19-13-22(14-21-19)12-18(24)20-11-16-4-3-5-17(10-16)27-2/h3-5,10,13-15H,6-9,11-12H2,1-2H3,(H,20,24). The van der Waals surface area contributed by atoms with Crippen molar-refractivity contribution in [1.29, 1.82) is 0 Å². The van der Waals surface area contributed by atoms with Gasteiger partial charge in [0.1, 0.15) is 12.3 Å². The van der Waals surface area contributed by atoms with Gasteiger partial charge in [-0.25, -0.2) is 13.4 Å². The van der Waals surface area contributed by atoms with Crippen LogP contribution < -0.4 is 10.1 Å². The van der Waals surface area contributed by atoms with Crippen LogP contribution in [0, 0.1) is 5.92 Å². The van der Waals surface area contributed by atoms with Crippen molar-refractivity contribution in [3.05, 3.63) is 42.4 Å². The monoisotopic (exact) mass is 406 g/mol. The van der Waals surface area contributed by atoms with Crippen molar-refractivity contribution in [2.75, 3.05) is 20.2 Å². The van der Waals surface area contributed by atoms with Gasteiger partial charge in [0.2, 0.25) is 5.91 Å². The molecule has 1 aliphatic heterocycles. The summed E-state index contributed by atoms with van der Waals surface area (Å²) >= 11 is 0. The summed E-state index contributed by atoms with van der Waals surface area (Å²) in [6.07, 6.45) is 4.50. The number of amides is 1. The molecule has 1 saturated heterocycles. The SMILES string of the molecule is COc1cccc(CNC(=O)Cn2cnc(S(=O)(=O)N3CCC(C)CC3)c2)c1. The summed E-state index contributed by atoms with van der Waals surface area (Å²) in [5.74, 6) is 1.04. The number of hydrogen-bond donors (Lipinski definition) is 1. The van der Waals surface area contributed by atoms with Gasteiger partial charge in [0.25, 0.3) is 10.0 Å². The van der Waals surface area contributed by atoms with Crippen molar-refractivity contribution in [2.24, 2.45) is 5.92 Å². The lowest BCUT2D eigenvalue weighted by Gasteiger charge is -2.28. The minimum atomic E-state index is -3.61. The minimum Gasteiger partial charge on any atom is -0.497 e. The molecule has 1 aliphatic rings. The highest BCUT2D eigenvalue weighted by Gasteiger charge is 2.29. The molecule has 0 aliphatic carbocycles. The molecule has 28 heavy (non-hydrogen) atoms. The Morgan fingerprint density at radius 1 is 1.32 bits per heavy atom. The molecule has 0 saturated carbocycles. The van der Waals surface area contributed by atoms with Crippen molar-refractivity contribution < 1.29 is 17.9 Å². The number of hydrogen-bond acceptors (Lipinski definition) is 5. The molecule has 0 spiro atoms. The average Bonchev–Trinajstić information content (AvgIpc) is 3.16. The van der Waals surface area contributed by atoms with E-state index in [4.69, 9.17) is 4.74 Å². The van der Waals surface area contributed by atoms with E-state index in [0.29, 0.717) is 25.6 Å². The number of carbonyl (C=O) groups excluding carboxylic acids is 1. The zero-order chi connectivity index (χ0) is 20.1. The summed E-state index contributed by atoms with van der Waals surface area (Å²) in [7, 11) is -2.02. The molecule has 9 heteroatoms. The van der Waals surface area contributed by atoms with Gasteiger partial charge in [-0.05, 0) is 36.5 Å². The van der Waals surface area contributed by atoms with Gasteiger partial charge in [0, 0.05) is 25.8 Å². The second-order valence-corrected chi connectivity index (χ2v) is 8.98. The lowest BCUT2D eigenvalue weighted by molar-refractivity contribution is -0.121. The van der Waals surface area contributed by atoms with Gasteiger partial charge in [-0.15, -0.1) is 0 Å². The van der Waals surface area contributed by atoms with Crippen LogP contribution in [-0.2, 0) is 27.9 Å². The third-order valence-electron chi connectivity index (χ3n) is 4.91. The largest absolute Gasteiger partial charge is 0.497 e. The summed E-state index contributed by atoms with van der Waals surface area (Å²) in [5, 5.41) is 2.80. The van der Waals surface area contributed by atoms with E-state index < -0.39 is 10.0 Å². The summed E-state index contributed by atoms with van der Waals surface area (Å²) < 4.78 is 33.5. The molecule has 3 rings (SSSR count). The number of nitrogens with zero attached hydrogens (tertiary/aromatic N) is 3. The number of imidazole rings is 1. The first kappa shape index (κ1) is 20.3. The molecule has 0 unspecified atom stereocenters. The third-order valence-corrected chi connectivity index (χ3v) is 6.69. The fourth-order valence-corrected chi connectivity index (χ4v) is 4.53. The van der Waals surface area contributed by atoms with Crippen LogP contribution in [0.4, 0.5) is 0 Å². The van der Waals surface area contributed by atoms with Crippen molar-refractivity contribution >= 4 is 15.9 Å². The van der Waals surface area contributed by atoms with E-state index in [0.717, 1.165) is 24.2 Å². The van der Waals surface area contributed by atoms with E-state index >= 15 is 0 Å². The number of rotatable bonds is 7. The quantitative estimate of drug-likeness (QED) is 0.754. The third kappa shape index (κ3) is 4.90. The second kappa shape index (κ2) is 8.74. The lowest BCUT2D eigenvalue weighted by Crippen LogP contribution is -2.38. The summed E-state index contributed by atoms with van der Waals surface area (Å²) in [5.41, 5.74) is 0.918. The van der Waals surface area contributed by atoms with Gasteiger partial charge in [0.05, 0.1) is 13.4 Å². The minimum absolute atomic E-state index is 0.00349. The number of carbonyl (C=O) groups is 1. The van der Waals surface area contributed by atoms with Crippen LogP contribution in [-0.4, -0.2) is 48.4 Å². The number of ether oxygens (including phenoxy) is 1. The van der Waals surface area contributed by atoms with Gasteiger partial charge < -0.3 is 14.6 Å². The molecule has 8 nitrogen and oxygen atoms in total. The number of methoxy groups -OCH3 is 1. The first-order valence-corrected chi connectivity index (χ1v) is 10.7. The number of aromatic nitrogens is 2. The van der Waals surface area contributed by atoms with Crippen LogP contribution >= 0.6 is 0 Å². The molecule has 2 heterocycles. The zero-order valence-electron chi connectivity index (χ0n) is 16.2. The first-order chi connectivity index (χ1) is 13.4. The number of piperidine rings is 1. The highest BCUT2D eigenvalue weighted by atomic mass is 32.2. The fraction of sp³-hybridized carbons (Fsp3) is 0.474. The maximum atomic E-state index is 12.7. The Bertz CT molecular complexity index is 918. The highest BCUT2D eigenvalue weighted by molar-refractivity contribution is 7.89. The van der Waals surface area contributed by atoms with E-state index in [1.54, 1.807) is 7.11 Å². The van der Waals surface area contributed by atoms with Crippen molar-refractivity contribution in [3.8, 4) is 5.75 Å². The summed E-state index contributed by atoms with van der Waals surface area (Å²) in [6.45, 7) is 3.52. The Kier molecular flexibility index (Phi) is 6.35.